The Hall–Kier alpha value is -2.39. The highest BCUT2D eigenvalue weighted by Gasteiger charge is 2.43. The third-order valence-electron chi connectivity index (χ3n) is 6.54. The standard InChI is InChI=1S/C23H34N4O5/c1-23(2,3)32-22(29)27(24)18-10-12-26-19(18)13-30-16-8-6-15(7-9-16)17-5-4-11-25-21(17)31-14-20(26)28/h4-5,11,15-16,18-19H,6-10,12-14,24H2,1-3H3/t15?,16?,18-,19-/m0/s1. The fraction of sp³-hybridized carbons (Fsp3) is 0.696. The summed E-state index contributed by atoms with van der Waals surface area (Å²) in [6.45, 7) is 6.08. The molecule has 1 aromatic heterocycles. The Labute approximate surface area is 189 Å². The zero-order valence-corrected chi connectivity index (χ0v) is 19.2. The molecule has 0 spiro atoms. The predicted octanol–water partition coefficient (Wildman–Crippen LogP) is 2.60. The number of amides is 2. The van der Waals surface area contributed by atoms with Crippen LogP contribution in [0.5, 0.6) is 5.88 Å². The number of rotatable bonds is 1. The molecule has 4 heterocycles. The molecule has 2 amide bonds. The molecule has 5 rings (SSSR count). The SMILES string of the molecule is CC(C)(C)OC(=O)N(N)[C@H]1CCN2C(=O)COc3ncccc3C3CCC(CC3)OC[C@@H]12. The highest BCUT2D eigenvalue weighted by atomic mass is 16.6. The first kappa shape index (κ1) is 22.8. The van der Waals surface area contributed by atoms with E-state index in [0.29, 0.717) is 31.4 Å². The smallest absolute Gasteiger partial charge is 0.424 e. The summed E-state index contributed by atoms with van der Waals surface area (Å²) in [6.07, 6.45) is 5.60. The van der Waals surface area contributed by atoms with E-state index in [-0.39, 0.29) is 30.7 Å². The number of hydrogen-bond donors (Lipinski definition) is 1. The Kier molecular flexibility index (Phi) is 6.57. The van der Waals surface area contributed by atoms with E-state index in [1.165, 1.54) is 0 Å². The lowest BCUT2D eigenvalue weighted by atomic mass is 9.83. The highest BCUT2D eigenvalue weighted by molar-refractivity contribution is 5.79. The van der Waals surface area contributed by atoms with Crippen LogP contribution in [0, 0.1) is 0 Å². The van der Waals surface area contributed by atoms with Crippen molar-refractivity contribution >= 4 is 12.0 Å². The van der Waals surface area contributed by atoms with Crippen molar-refractivity contribution in [2.24, 2.45) is 5.84 Å². The lowest BCUT2D eigenvalue weighted by Gasteiger charge is -2.35. The van der Waals surface area contributed by atoms with E-state index in [9.17, 15) is 9.59 Å². The van der Waals surface area contributed by atoms with Crippen LogP contribution in [0.15, 0.2) is 18.3 Å². The number of hydrazine groups is 1. The van der Waals surface area contributed by atoms with E-state index in [4.69, 9.17) is 20.1 Å². The predicted molar refractivity (Wildman–Crippen MR) is 117 cm³/mol. The van der Waals surface area contributed by atoms with Gasteiger partial charge in [-0.2, -0.15) is 0 Å². The van der Waals surface area contributed by atoms with Crippen LogP contribution in [0.3, 0.4) is 0 Å². The molecular weight excluding hydrogens is 412 g/mol. The topological polar surface area (TPSA) is 107 Å². The molecule has 3 aliphatic heterocycles. The van der Waals surface area contributed by atoms with E-state index in [2.05, 4.69) is 4.98 Å². The molecule has 2 fully saturated rings. The fourth-order valence-electron chi connectivity index (χ4n) is 4.95. The third-order valence-corrected chi connectivity index (χ3v) is 6.54. The van der Waals surface area contributed by atoms with Gasteiger partial charge in [0.2, 0.25) is 5.88 Å². The van der Waals surface area contributed by atoms with Gasteiger partial charge in [0.05, 0.1) is 24.8 Å². The second-order valence-electron chi connectivity index (χ2n) is 9.89. The minimum Gasteiger partial charge on any atom is -0.467 e. The van der Waals surface area contributed by atoms with Gasteiger partial charge in [0.25, 0.3) is 5.91 Å². The lowest BCUT2D eigenvalue weighted by Crippen LogP contribution is -2.55. The van der Waals surface area contributed by atoms with Gasteiger partial charge in [-0.05, 0) is 64.9 Å². The highest BCUT2D eigenvalue weighted by Crippen LogP contribution is 2.38. The molecule has 1 aliphatic carbocycles. The maximum Gasteiger partial charge on any atom is 0.424 e. The molecule has 1 saturated carbocycles. The molecular formula is C23H34N4O5. The Morgan fingerprint density at radius 1 is 1.25 bits per heavy atom. The molecule has 1 aromatic rings. The first-order valence-corrected chi connectivity index (χ1v) is 11.5. The van der Waals surface area contributed by atoms with Gasteiger partial charge in [-0.25, -0.2) is 20.6 Å². The minimum absolute atomic E-state index is 0.111. The summed E-state index contributed by atoms with van der Waals surface area (Å²) in [7, 11) is 0. The van der Waals surface area contributed by atoms with Crippen molar-refractivity contribution in [3.63, 3.8) is 0 Å². The van der Waals surface area contributed by atoms with Crippen molar-refractivity contribution in [3.8, 4) is 5.88 Å². The second-order valence-corrected chi connectivity index (χ2v) is 9.89. The largest absolute Gasteiger partial charge is 0.467 e. The molecule has 2 atom stereocenters. The fourth-order valence-corrected chi connectivity index (χ4v) is 4.95. The summed E-state index contributed by atoms with van der Waals surface area (Å²) in [5, 5.41) is 1.12. The molecule has 9 heteroatoms. The zero-order chi connectivity index (χ0) is 22.9. The number of carbonyl (C=O) groups is 2. The molecule has 9 nitrogen and oxygen atoms in total. The van der Waals surface area contributed by atoms with Crippen LogP contribution in [0.1, 0.15) is 64.4 Å². The maximum absolute atomic E-state index is 13.1. The number of hydrogen-bond acceptors (Lipinski definition) is 7. The van der Waals surface area contributed by atoms with Crippen molar-refractivity contribution in [2.45, 2.75) is 82.6 Å². The van der Waals surface area contributed by atoms with Gasteiger partial charge >= 0.3 is 6.09 Å². The average molecular weight is 447 g/mol. The van der Waals surface area contributed by atoms with Gasteiger partial charge in [-0.1, -0.05) is 6.07 Å². The number of aromatic nitrogens is 1. The zero-order valence-electron chi connectivity index (χ0n) is 19.2. The minimum atomic E-state index is -0.656. The van der Waals surface area contributed by atoms with Gasteiger partial charge in [0.1, 0.15) is 5.60 Å². The van der Waals surface area contributed by atoms with Gasteiger partial charge < -0.3 is 19.1 Å². The van der Waals surface area contributed by atoms with Gasteiger partial charge in [-0.3, -0.25) is 4.79 Å². The first-order valence-electron chi connectivity index (χ1n) is 11.5. The van der Waals surface area contributed by atoms with Crippen LogP contribution >= 0.6 is 0 Å². The van der Waals surface area contributed by atoms with Gasteiger partial charge in [0.15, 0.2) is 6.61 Å². The van der Waals surface area contributed by atoms with Crippen molar-refractivity contribution in [1.82, 2.24) is 14.9 Å². The van der Waals surface area contributed by atoms with Crippen molar-refractivity contribution in [3.05, 3.63) is 23.9 Å². The van der Waals surface area contributed by atoms with Crippen LogP contribution in [0.4, 0.5) is 4.79 Å². The van der Waals surface area contributed by atoms with E-state index in [0.717, 1.165) is 36.3 Å². The normalized spacial score (nSPS) is 28.5. The van der Waals surface area contributed by atoms with Crippen LogP contribution in [-0.4, -0.2) is 70.4 Å². The van der Waals surface area contributed by atoms with Crippen LogP contribution in [-0.2, 0) is 14.3 Å². The van der Waals surface area contributed by atoms with Gasteiger partial charge in [-0.15, -0.1) is 0 Å². The molecule has 1 saturated heterocycles. The molecule has 0 radical (unpaired) electrons. The summed E-state index contributed by atoms with van der Waals surface area (Å²) in [5.74, 6) is 6.91. The average Bonchev–Trinajstić information content (AvgIpc) is 3.18. The first-order chi connectivity index (χ1) is 15.2. The van der Waals surface area contributed by atoms with Crippen LogP contribution < -0.4 is 10.6 Å². The number of pyridine rings is 1. The monoisotopic (exact) mass is 446 g/mol. The summed E-state index contributed by atoms with van der Waals surface area (Å²) >= 11 is 0. The number of ether oxygens (including phenoxy) is 3. The third kappa shape index (κ3) is 4.99. The van der Waals surface area contributed by atoms with E-state index >= 15 is 0 Å². The molecule has 32 heavy (non-hydrogen) atoms. The second kappa shape index (κ2) is 9.23. The molecule has 0 unspecified atom stereocenters. The summed E-state index contributed by atoms with van der Waals surface area (Å²) < 4.78 is 17.6. The molecule has 2 N–H and O–H groups in total. The van der Waals surface area contributed by atoms with Gasteiger partial charge in [0, 0.05) is 18.3 Å². The molecule has 2 bridgehead atoms. The summed E-state index contributed by atoms with van der Waals surface area (Å²) in [5.41, 5.74) is 0.406. The van der Waals surface area contributed by atoms with E-state index in [1.54, 1.807) is 31.9 Å². The van der Waals surface area contributed by atoms with E-state index < -0.39 is 11.7 Å². The summed E-state index contributed by atoms with van der Waals surface area (Å²) in [4.78, 5) is 31.8. The van der Waals surface area contributed by atoms with Crippen LogP contribution in [0.25, 0.3) is 0 Å². The van der Waals surface area contributed by atoms with Crippen molar-refractivity contribution < 1.29 is 23.8 Å². The number of carbonyl (C=O) groups excluding carboxylic acids is 2. The maximum atomic E-state index is 13.1. The van der Waals surface area contributed by atoms with Crippen molar-refractivity contribution in [2.75, 3.05) is 19.8 Å². The molecule has 176 valence electrons. The number of nitrogens with zero attached hydrogens (tertiary/aromatic N) is 3. The van der Waals surface area contributed by atoms with Crippen LogP contribution in [0.2, 0.25) is 0 Å². The Bertz CT molecular complexity index is 834. The Balaban J connectivity index is 1.55. The van der Waals surface area contributed by atoms with E-state index in [1.807, 2.05) is 12.1 Å². The summed E-state index contributed by atoms with van der Waals surface area (Å²) in [6, 6.07) is 3.21. The lowest BCUT2D eigenvalue weighted by molar-refractivity contribution is -0.136. The molecule has 0 aromatic carbocycles. The number of fused-ring (bicyclic) bond motifs is 5. The Morgan fingerprint density at radius 2 is 2.00 bits per heavy atom. The quantitative estimate of drug-likeness (QED) is 0.401. The van der Waals surface area contributed by atoms with Crippen molar-refractivity contribution in [1.29, 1.82) is 0 Å². The Morgan fingerprint density at radius 3 is 2.72 bits per heavy atom. The number of nitrogens with two attached hydrogens (primary N) is 1. The molecule has 4 aliphatic rings.